The molecule has 0 spiro atoms. The van der Waals surface area contributed by atoms with Gasteiger partial charge in [-0.2, -0.15) is 10.4 Å². The topological polar surface area (TPSA) is 122 Å². The average Bonchev–Trinajstić information content (AvgIpc) is 3.14. The fraction of sp³-hybridized carbons (Fsp3) is 0.350. The molecule has 0 bridgehead atoms. The summed E-state index contributed by atoms with van der Waals surface area (Å²) >= 11 is 0. The number of aromatic nitrogens is 4. The molecule has 0 unspecified atom stereocenters. The Morgan fingerprint density at radius 2 is 2.07 bits per heavy atom. The Hall–Kier alpha value is -3.71. The van der Waals surface area contributed by atoms with Crippen molar-refractivity contribution in [2.45, 2.75) is 13.5 Å². The van der Waals surface area contributed by atoms with E-state index in [9.17, 15) is 14.9 Å². The SMILES string of the molecule is CNC(=O)c1ccc(N2CCN(Cc3cc4[nH]c(=O)c(C)cn4n3)CC2)c(C#N)n1. The highest BCUT2D eigenvalue weighted by atomic mass is 16.1. The number of anilines is 1. The normalized spacial score (nSPS) is 14.6. The van der Waals surface area contributed by atoms with Gasteiger partial charge in [0.25, 0.3) is 11.5 Å². The molecule has 154 valence electrons. The number of fused-ring (bicyclic) bond motifs is 1. The monoisotopic (exact) mass is 406 g/mol. The molecule has 4 rings (SSSR count). The number of piperazine rings is 1. The third kappa shape index (κ3) is 3.75. The van der Waals surface area contributed by atoms with Crippen LogP contribution in [0.2, 0.25) is 0 Å². The number of carbonyl (C=O) groups excluding carboxylic acids is 1. The van der Waals surface area contributed by atoms with Crippen molar-refractivity contribution in [3.05, 3.63) is 57.4 Å². The highest BCUT2D eigenvalue weighted by Gasteiger charge is 2.22. The standard InChI is InChI=1S/C20H22N8O2/c1-13-11-28-18(24-19(13)29)9-14(25-28)12-26-5-7-27(8-6-26)17-4-3-15(20(30)22-2)23-16(17)10-21/h3-4,9,11H,5-8,12H2,1-2H3,(H,22,30)(H,24,29). The molecule has 0 aliphatic carbocycles. The molecule has 1 saturated heterocycles. The van der Waals surface area contributed by atoms with Gasteiger partial charge in [-0.3, -0.25) is 14.5 Å². The highest BCUT2D eigenvalue weighted by Crippen LogP contribution is 2.21. The van der Waals surface area contributed by atoms with Crippen LogP contribution in [0.15, 0.2) is 29.2 Å². The lowest BCUT2D eigenvalue weighted by atomic mass is 10.2. The summed E-state index contributed by atoms with van der Waals surface area (Å²) in [5.41, 5.74) is 3.31. The van der Waals surface area contributed by atoms with Crippen LogP contribution in [0, 0.1) is 18.3 Å². The Kier molecular flexibility index (Phi) is 5.20. The lowest BCUT2D eigenvalue weighted by Crippen LogP contribution is -2.46. The van der Waals surface area contributed by atoms with Crippen molar-refractivity contribution < 1.29 is 4.79 Å². The minimum atomic E-state index is -0.313. The predicted molar refractivity (Wildman–Crippen MR) is 110 cm³/mol. The second-order valence-electron chi connectivity index (χ2n) is 7.25. The lowest BCUT2D eigenvalue weighted by Gasteiger charge is -2.35. The molecule has 2 N–H and O–H groups in total. The number of H-pyrrole nitrogens is 1. The Morgan fingerprint density at radius 3 is 2.77 bits per heavy atom. The molecule has 4 heterocycles. The number of hydrogen-bond donors (Lipinski definition) is 2. The summed E-state index contributed by atoms with van der Waals surface area (Å²) in [5.74, 6) is -0.313. The van der Waals surface area contributed by atoms with E-state index in [1.807, 2.05) is 6.07 Å². The van der Waals surface area contributed by atoms with Gasteiger partial charge in [-0.05, 0) is 19.1 Å². The zero-order valence-corrected chi connectivity index (χ0v) is 16.8. The second-order valence-corrected chi connectivity index (χ2v) is 7.25. The maximum absolute atomic E-state index is 11.8. The summed E-state index contributed by atoms with van der Waals surface area (Å²) in [5, 5.41) is 16.5. The first-order chi connectivity index (χ1) is 14.5. The molecule has 0 saturated carbocycles. The Balaban J connectivity index is 1.43. The quantitative estimate of drug-likeness (QED) is 0.638. The van der Waals surface area contributed by atoms with Gasteiger partial charge >= 0.3 is 0 Å². The molecule has 1 amide bonds. The molecule has 30 heavy (non-hydrogen) atoms. The van der Waals surface area contributed by atoms with E-state index in [4.69, 9.17) is 0 Å². The number of hydrogen-bond acceptors (Lipinski definition) is 7. The van der Waals surface area contributed by atoms with Crippen LogP contribution in [-0.4, -0.2) is 63.6 Å². The van der Waals surface area contributed by atoms with Gasteiger partial charge in [0.05, 0.1) is 11.4 Å². The van der Waals surface area contributed by atoms with E-state index < -0.39 is 0 Å². The Morgan fingerprint density at radius 1 is 1.30 bits per heavy atom. The molecular weight excluding hydrogens is 384 g/mol. The number of carbonyl (C=O) groups is 1. The van der Waals surface area contributed by atoms with Gasteiger partial charge in [-0.25, -0.2) is 9.50 Å². The van der Waals surface area contributed by atoms with Gasteiger partial charge < -0.3 is 15.2 Å². The minimum absolute atomic E-state index is 0.105. The van der Waals surface area contributed by atoms with E-state index in [0.717, 1.165) is 37.6 Å². The smallest absolute Gasteiger partial charge is 0.269 e. The van der Waals surface area contributed by atoms with Crippen molar-refractivity contribution in [2.24, 2.45) is 0 Å². The largest absolute Gasteiger partial charge is 0.367 e. The molecule has 3 aromatic rings. The fourth-order valence-electron chi connectivity index (χ4n) is 3.59. The summed E-state index contributed by atoms with van der Waals surface area (Å²) < 4.78 is 1.70. The van der Waals surface area contributed by atoms with Crippen molar-refractivity contribution >= 4 is 17.2 Å². The van der Waals surface area contributed by atoms with Gasteiger partial charge in [0, 0.05) is 57.6 Å². The van der Waals surface area contributed by atoms with E-state index in [0.29, 0.717) is 17.8 Å². The first-order valence-electron chi connectivity index (χ1n) is 9.67. The van der Waals surface area contributed by atoms with Crippen LogP contribution >= 0.6 is 0 Å². The Bertz CT molecular complexity index is 1200. The molecular formula is C20H22N8O2. The van der Waals surface area contributed by atoms with Crippen molar-refractivity contribution in [3.8, 4) is 6.07 Å². The zero-order valence-electron chi connectivity index (χ0n) is 16.8. The van der Waals surface area contributed by atoms with Gasteiger partial charge in [0.2, 0.25) is 0 Å². The first-order valence-corrected chi connectivity index (χ1v) is 9.67. The minimum Gasteiger partial charge on any atom is -0.367 e. The van der Waals surface area contributed by atoms with Gasteiger partial charge in [0.1, 0.15) is 17.4 Å². The summed E-state index contributed by atoms with van der Waals surface area (Å²) in [7, 11) is 1.53. The molecule has 10 heteroatoms. The number of nitrogens with one attached hydrogen (secondary N) is 2. The van der Waals surface area contributed by atoms with Gasteiger partial charge in [0.15, 0.2) is 5.69 Å². The number of pyridine rings is 1. The third-order valence-corrected chi connectivity index (χ3v) is 5.24. The van der Waals surface area contributed by atoms with Crippen LogP contribution in [-0.2, 0) is 6.54 Å². The number of rotatable bonds is 4. The van der Waals surface area contributed by atoms with Gasteiger partial charge in [-0.15, -0.1) is 0 Å². The number of aromatic amines is 1. The number of nitriles is 1. The number of aryl methyl sites for hydroxylation is 1. The van der Waals surface area contributed by atoms with Crippen LogP contribution < -0.4 is 15.8 Å². The van der Waals surface area contributed by atoms with Crippen molar-refractivity contribution in [3.63, 3.8) is 0 Å². The molecule has 1 aliphatic heterocycles. The molecule has 3 aromatic heterocycles. The van der Waals surface area contributed by atoms with Crippen LogP contribution in [0.3, 0.4) is 0 Å². The maximum atomic E-state index is 11.8. The van der Waals surface area contributed by atoms with Crippen LogP contribution in [0.4, 0.5) is 5.69 Å². The second kappa shape index (κ2) is 7.96. The predicted octanol–water partition coefficient (Wildman–Crippen LogP) is 0.280. The maximum Gasteiger partial charge on any atom is 0.269 e. The summed E-state index contributed by atoms with van der Waals surface area (Å²) in [6, 6.07) is 7.41. The van der Waals surface area contributed by atoms with Crippen molar-refractivity contribution in [2.75, 3.05) is 38.1 Å². The molecule has 0 radical (unpaired) electrons. The van der Waals surface area contributed by atoms with Crippen LogP contribution in [0.25, 0.3) is 5.65 Å². The molecule has 1 aliphatic rings. The number of amides is 1. The van der Waals surface area contributed by atoms with Gasteiger partial charge in [-0.1, -0.05) is 0 Å². The molecule has 0 atom stereocenters. The lowest BCUT2D eigenvalue weighted by molar-refractivity contribution is 0.0958. The summed E-state index contributed by atoms with van der Waals surface area (Å²) in [4.78, 5) is 34.9. The highest BCUT2D eigenvalue weighted by molar-refractivity contribution is 5.92. The van der Waals surface area contributed by atoms with Crippen LogP contribution in [0.5, 0.6) is 0 Å². The summed E-state index contributed by atoms with van der Waals surface area (Å²) in [6.07, 6.45) is 1.73. The van der Waals surface area contributed by atoms with E-state index in [1.165, 1.54) is 7.05 Å². The molecule has 0 aromatic carbocycles. The average molecular weight is 406 g/mol. The van der Waals surface area contributed by atoms with E-state index in [2.05, 4.69) is 36.3 Å². The third-order valence-electron chi connectivity index (χ3n) is 5.24. The molecule has 10 nitrogen and oxygen atoms in total. The number of nitrogens with zero attached hydrogens (tertiary/aromatic N) is 6. The van der Waals surface area contributed by atoms with Crippen molar-refractivity contribution in [1.29, 1.82) is 5.26 Å². The first kappa shape index (κ1) is 19.6. The fourth-order valence-corrected chi connectivity index (χ4v) is 3.59. The molecule has 1 fully saturated rings. The summed E-state index contributed by atoms with van der Waals surface area (Å²) in [6.45, 7) is 5.49. The van der Waals surface area contributed by atoms with Crippen molar-refractivity contribution in [1.82, 2.24) is 29.8 Å². The van der Waals surface area contributed by atoms with E-state index in [1.54, 1.807) is 29.8 Å². The van der Waals surface area contributed by atoms with Crippen LogP contribution in [0.1, 0.15) is 27.4 Å². The Labute approximate surface area is 172 Å². The zero-order chi connectivity index (χ0) is 21.3. The van der Waals surface area contributed by atoms with E-state index >= 15 is 0 Å². The van der Waals surface area contributed by atoms with E-state index in [-0.39, 0.29) is 22.9 Å².